The van der Waals surface area contributed by atoms with Crippen LogP contribution in [0.25, 0.3) is 11.1 Å². The van der Waals surface area contributed by atoms with Gasteiger partial charge in [0.15, 0.2) is 0 Å². The summed E-state index contributed by atoms with van der Waals surface area (Å²) in [5.41, 5.74) is 2.84. The summed E-state index contributed by atoms with van der Waals surface area (Å²) in [6, 6.07) is 21.1. The first-order valence-corrected chi connectivity index (χ1v) is 7.12. The maximum absolute atomic E-state index is 12.2. The minimum absolute atomic E-state index is 0.0623. The first kappa shape index (κ1) is 14.7. The Balaban J connectivity index is 1.78. The zero-order valence-electron chi connectivity index (χ0n) is 12.2. The van der Waals surface area contributed by atoms with E-state index in [0.29, 0.717) is 5.56 Å². The van der Waals surface area contributed by atoms with E-state index in [2.05, 4.69) is 5.32 Å². The van der Waals surface area contributed by atoms with E-state index >= 15 is 0 Å². The molecular weight excluding hydrogens is 290 g/mol. The lowest BCUT2D eigenvalue weighted by Crippen LogP contribution is -2.11. The molecule has 0 saturated carbocycles. The molecule has 1 amide bonds. The van der Waals surface area contributed by atoms with E-state index in [1.165, 1.54) is 18.2 Å². The van der Waals surface area contributed by atoms with Crippen LogP contribution in [-0.2, 0) is 0 Å². The third-order valence-electron chi connectivity index (χ3n) is 3.48. The lowest BCUT2D eigenvalue weighted by atomic mass is 10.0. The van der Waals surface area contributed by atoms with Crippen molar-refractivity contribution in [3.8, 4) is 22.6 Å². The average molecular weight is 305 g/mol. The van der Waals surface area contributed by atoms with Gasteiger partial charge in [-0.25, -0.2) is 0 Å². The summed E-state index contributed by atoms with van der Waals surface area (Å²) in [6.07, 6.45) is 0. The molecule has 23 heavy (non-hydrogen) atoms. The molecule has 114 valence electrons. The van der Waals surface area contributed by atoms with Crippen LogP contribution in [0.1, 0.15) is 10.4 Å². The molecule has 0 aliphatic heterocycles. The lowest BCUT2D eigenvalue weighted by Gasteiger charge is -2.08. The molecule has 0 radical (unpaired) electrons. The summed E-state index contributed by atoms with van der Waals surface area (Å²) < 4.78 is 0. The predicted octanol–water partition coefficient (Wildman–Crippen LogP) is 4.02. The highest BCUT2D eigenvalue weighted by atomic mass is 16.3. The lowest BCUT2D eigenvalue weighted by molar-refractivity contribution is 0.102. The molecule has 0 unspecified atom stereocenters. The van der Waals surface area contributed by atoms with E-state index in [4.69, 9.17) is 0 Å². The number of amides is 1. The number of hydrogen-bond donors (Lipinski definition) is 3. The van der Waals surface area contributed by atoms with Gasteiger partial charge >= 0.3 is 0 Å². The number of nitrogens with one attached hydrogen (secondary N) is 1. The van der Waals surface area contributed by atoms with Gasteiger partial charge in [0.25, 0.3) is 5.91 Å². The van der Waals surface area contributed by atoms with Crippen molar-refractivity contribution in [2.24, 2.45) is 0 Å². The summed E-state index contributed by atoms with van der Waals surface area (Å²) in [5, 5.41) is 21.6. The van der Waals surface area contributed by atoms with Crippen LogP contribution >= 0.6 is 0 Å². The number of benzene rings is 3. The Labute approximate surface area is 133 Å². The molecule has 0 aromatic heterocycles. The number of hydrogen-bond acceptors (Lipinski definition) is 3. The molecule has 0 aliphatic carbocycles. The maximum Gasteiger partial charge on any atom is 0.255 e. The Morgan fingerprint density at radius 1 is 0.783 bits per heavy atom. The molecular formula is C19H15NO3. The van der Waals surface area contributed by atoms with Crippen molar-refractivity contribution >= 4 is 11.6 Å². The Bertz CT molecular complexity index is 827. The van der Waals surface area contributed by atoms with Crippen molar-refractivity contribution in [2.75, 3.05) is 5.32 Å². The van der Waals surface area contributed by atoms with Crippen LogP contribution in [0.2, 0.25) is 0 Å². The van der Waals surface area contributed by atoms with Crippen LogP contribution in [0.4, 0.5) is 5.69 Å². The van der Waals surface area contributed by atoms with Gasteiger partial charge in [-0.15, -0.1) is 0 Å². The highest BCUT2D eigenvalue weighted by Crippen LogP contribution is 2.28. The molecule has 0 aliphatic rings. The fourth-order valence-electron chi connectivity index (χ4n) is 2.26. The van der Waals surface area contributed by atoms with E-state index in [0.717, 1.165) is 11.1 Å². The van der Waals surface area contributed by atoms with Crippen molar-refractivity contribution in [3.05, 3.63) is 78.4 Å². The van der Waals surface area contributed by atoms with Crippen LogP contribution in [-0.4, -0.2) is 16.1 Å². The van der Waals surface area contributed by atoms with Crippen LogP contribution < -0.4 is 5.32 Å². The van der Waals surface area contributed by atoms with Gasteiger partial charge in [-0.3, -0.25) is 4.79 Å². The zero-order chi connectivity index (χ0) is 16.2. The van der Waals surface area contributed by atoms with Gasteiger partial charge in [-0.05, 0) is 35.4 Å². The maximum atomic E-state index is 12.2. The highest BCUT2D eigenvalue weighted by Gasteiger charge is 2.09. The second-order valence-electron chi connectivity index (χ2n) is 5.10. The van der Waals surface area contributed by atoms with Crippen molar-refractivity contribution in [3.63, 3.8) is 0 Å². The zero-order valence-corrected chi connectivity index (χ0v) is 12.2. The monoisotopic (exact) mass is 305 g/mol. The van der Waals surface area contributed by atoms with E-state index < -0.39 is 0 Å². The van der Waals surface area contributed by atoms with Crippen molar-refractivity contribution < 1.29 is 15.0 Å². The molecule has 0 fully saturated rings. The van der Waals surface area contributed by atoms with Crippen LogP contribution in [0.15, 0.2) is 72.8 Å². The number of carbonyl (C=O) groups is 1. The van der Waals surface area contributed by atoms with Gasteiger partial charge < -0.3 is 15.5 Å². The summed E-state index contributed by atoms with van der Waals surface area (Å²) in [7, 11) is 0. The van der Waals surface area contributed by atoms with Crippen LogP contribution in [0.5, 0.6) is 11.5 Å². The first-order chi connectivity index (χ1) is 11.1. The Hall–Kier alpha value is -3.27. The molecule has 3 rings (SSSR count). The SMILES string of the molecule is O=C(Nc1ccc(O)cc1O)c1ccc(-c2ccccc2)cc1. The molecule has 4 nitrogen and oxygen atoms in total. The summed E-state index contributed by atoms with van der Waals surface area (Å²) in [6.45, 7) is 0. The number of anilines is 1. The van der Waals surface area contributed by atoms with E-state index in [9.17, 15) is 15.0 Å². The summed E-state index contributed by atoms with van der Waals surface area (Å²) in [4.78, 5) is 12.2. The van der Waals surface area contributed by atoms with Crippen molar-refractivity contribution in [1.29, 1.82) is 0 Å². The van der Waals surface area contributed by atoms with Crippen molar-refractivity contribution in [2.45, 2.75) is 0 Å². The molecule has 3 aromatic carbocycles. The van der Waals surface area contributed by atoms with Gasteiger partial charge in [-0.1, -0.05) is 42.5 Å². The van der Waals surface area contributed by atoms with Gasteiger partial charge in [0.05, 0.1) is 5.69 Å². The normalized spacial score (nSPS) is 10.3. The minimum Gasteiger partial charge on any atom is -0.508 e. The topological polar surface area (TPSA) is 69.6 Å². The first-order valence-electron chi connectivity index (χ1n) is 7.12. The average Bonchev–Trinajstić information content (AvgIpc) is 2.58. The molecule has 0 saturated heterocycles. The Morgan fingerprint density at radius 2 is 1.43 bits per heavy atom. The Kier molecular flexibility index (Phi) is 3.97. The Morgan fingerprint density at radius 3 is 2.09 bits per heavy atom. The number of aromatic hydroxyl groups is 2. The van der Waals surface area contributed by atoms with Crippen LogP contribution in [0.3, 0.4) is 0 Å². The van der Waals surface area contributed by atoms with Crippen LogP contribution in [0, 0.1) is 0 Å². The second-order valence-corrected chi connectivity index (χ2v) is 5.10. The predicted molar refractivity (Wildman–Crippen MR) is 89.6 cm³/mol. The van der Waals surface area contributed by atoms with E-state index in [1.807, 2.05) is 42.5 Å². The quantitative estimate of drug-likeness (QED) is 0.505. The molecule has 3 aromatic rings. The fourth-order valence-corrected chi connectivity index (χ4v) is 2.26. The number of carbonyl (C=O) groups excluding carboxylic acids is 1. The van der Waals surface area contributed by atoms with Gasteiger partial charge in [0.2, 0.25) is 0 Å². The highest BCUT2D eigenvalue weighted by molar-refractivity contribution is 6.05. The molecule has 0 spiro atoms. The molecule has 4 heteroatoms. The van der Waals surface area contributed by atoms with E-state index in [1.54, 1.807) is 12.1 Å². The minimum atomic E-state index is -0.328. The number of rotatable bonds is 3. The summed E-state index contributed by atoms with van der Waals surface area (Å²) in [5.74, 6) is -0.572. The third kappa shape index (κ3) is 3.32. The van der Waals surface area contributed by atoms with Crippen molar-refractivity contribution in [1.82, 2.24) is 0 Å². The number of phenols is 2. The van der Waals surface area contributed by atoms with E-state index in [-0.39, 0.29) is 23.1 Å². The molecule has 0 bridgehead atoms. The molecule has 0 heterocycles. The molecule has 0 atom stereocenters. The standard InChI is InChI=1S/C19H15NO3/c21-16-10-11-17(18(22)12-16)20-19(23)15-8-6-14(7-9-15)13-4-2-1-3-5-13/h1-12,21-22H,(H,20,23). The van der Waals surface area contributed by atoms with Gasteiger partial charge in [0, 0.05) is 11.6 Å². The summed E-state index contributed by atoms with van der Waals surface area (Å²) >= 11 is 0. The fraction of sp³-hybridized carbons (Fsp3) is 0. The second kappa shape index (κ2) is 6.23. The largest absolute Gasteiger partial charge is 0.508 e. The number of phenolic OH excluding ortho intramolecular Hbond substituents is 2. The van der Waals surface area contributed by atoms with Gasteiger partial charge in [0.1, 0.15) is 11.5 Å². The molecule has 3 N–H and O–H groups in total. The smallest absolute Gasteiger partial charge is 0.255 e. The van der Waals surface area contributed by atoms with Gasteiger partial charge in [-0.2, -0.15) is 0 Å². The third-order valence-corrected chi connectivity index (χ3v) is 3.48.